The number of hydrogen-bond acceptors (Lipinski definition) is 0. The van der Waals surface area contributed by atoms with Gasteiger partial charge in [-0.05, 0) is 34.4 Å². The van der Waals surface area contributed by atoms with E-state index in [1.165, 1.54) is 21.6 Å². The molecule has 0 N–H and O–H groups in total. The van der Waals surface area contributed by atoms with Gasteiger partial charge in [-0.3, -0.25) is 0 Å². The molecule has 3 aromatic carbocycles. The molecule has 3 rings (SSSR count). The molecule has 0 aliphatic carbocycles. The zero-order valence-electron chi connectivity index (χ0n) is 15.0. The summed E-state index contributed by atoms with van der Waals surface area (Å²) in [5.41, 5.74) is 2.67. The fraction of sp³-hybridized carbons (Fsp3) is 0.0769. The molecule has 0 spiro atoms. The van der Waals surface area contributed by atoms with Crippen molar-refractivity contribution in [2.45, 2.75) is 12.8 Å². The molecule has 0 saturated carbocycles. The normalized spacial score (nSPS) is 13.1. The molecule has 3 aromatic rings. The van der Waals surface area contributed by atoms with Gasteiger partial charge in [-0.1, -0.05) is 121 Å². The Bertz CT molecular complexity index is 879. The zero-order chi connectivity index (χ0) is 17.9. The van der Waals surface area contributed by atoms with Gasteiger partial charge < -0.3 is 0 Å². The van der Waals surface area contributed by atoms with E-state index in [9.17, 15) is 0 Å². The second-order valence-electron chi connectivity index (χ2n) is 6.20. The van der Waals surface area contributed by atoms with Gasteiger partial charge in [-0.25, -0.2) is 0 Å². The third kappa shape index (κ3) is 5.75. The SMILES string of the molecule is C(/C=C/Cc1ccccc1)=c1\cccc\c1=C/C=C/Cc1ccccc1. The smallest absolute Gasteiger partial charge is 0.00943 e. The van der Waals surface area contributed by atoms with Crippen molar-refractivity contribution >= 4 is 12.2 Å². The predicted molar refractivity (Wildman–Crippen MR) is 113 cm³/mol. The molecule has 0 fully saturated rings. The summed E-state index contributed by atoms with van der Waals surface area (Å²) in [6, 6.07) is 29.5. The minimum atomic E-state index is 0.959. The number of benzene rings is 3. The maximum absolute atomic E-state index is 2.21. The first-order chi connectivity index (χ1) is 12.9. The molecule has 0 aromatic heterocycles. The highest BCUT2D eigenvalue weighted by Gasteiger charge is 1.86. The average molecular weight is 336 g/mol. The van der Waals surface area contributed by atoms with E-state index in [1.54, 1.807) is 0 Å². The van der Waals surface area contributed by atoms with E-state index in [1.807, 2.05) is 0 Å². The fourth-order valence-corrected chi connectivity index (χ4v) is 2.79. The van der Waals surface area contributed by atoms with E-state index in [-0.39, 0.29) is 0 Å². The van der Waals surface area contributed by atoms with Crippen LogP contribution in [0.5, 0.6) is 0 Å². The Kier molecular flexibility index (Phi) is 6.81. The molecular formula is C26H24. The first-order valence-corrected chi connectivity index (χ1v) is 9.08. The molecule has 26 heavy (non-hydrogen) atoms. The first kappa shape index (κ1) is 17.7. The lowest BCUT2D eigenvalue weighted by molar-refractivity contribution is 1.27. The lowest BCUT2D eigenvalue weighted by atomic mass is 10.1. The first-order valence-electron chi connectivity index (χ1n) is 9.08. The molecule has 0 unspecified atom stereocenters. The van der Waals surface area contributed by atoms with Crippen molar-refractivity contribution < 1.29 is 0 Å². The standard InChI is InChI=1S/C26H24/c1-3-13-23(14-4-1)17-7-9-19-25-21-11-12-22-26(25)20-10-8-18-24-15-5-2-6-16-24/h1-16,19-22H,17-18H2/b9-7+,10-8+,25-19-,26-20+. The van der Waals surface area contributed by atoms with Crippen LogP contribution in [-0.2, 0) is 12.8 Å². The van der Waals surface area contributed by atoms with E-state index in [0.29, 0.717) is 0 Å². The van der Waals surface area contributed by atoms with Gasteiger partial charge >= 0.3 is 0 Å². The van der Waals surface area contributed by atoms with Crippen molar-refractivity contribution in [3.05, 3.63) is 131 Å². The zero-order valence-corrected chi connectivity index (χ0v) is 15.0. The molecule has 0 atom stereocenters. The van der Waals surface area contributed by atoms with Crippen LogP contribution in [0.2, 0.25) is 0 Å². The van der Waals surface area contributed by atoms with Crippen molar-refractivity contribution in [1.82, 2.24) is 0 Å². The second-order valence-corrected chi connectivity index (χ2v) is 6.20. The molecular weight excluding hydrogens is 312 g/mol. The van der Waals surface area contributed by atoms with Gasteiger partial charge in [-0.15, -0.1) is 0 Å². The summed E-state index contributed by atoms with van der Waals surface area (Å²) in [4.78, 5) is 0. The Labute approximate surface area is 156 Å². The second kappa shape index (κ2) is 10.0. The quantitative estimate of drug-likeness (QED) is 0.604. The minimum Gasteiger partial charge on any atom is -0.0801 e. The summed E-state index contributed by atoms with van der Waals surface area (Å²) >= 11 is 0. The molecule has 0 amide bonds. The van der Waals surface area contributed by atoms with E-state index in [0.717, 1.165) is 12.8 Å². The predicted octanol–water partition coefficient (Wildman–Crippen LogP) is 4.85. The minimum absolute atomic E-state index is 0.959. The van der Waals surface area contributed by atoms with E-state index in [4.69, 9.17) is 0 Å². The van der Waals surface area contributed by atoms with Crippen LogP contribution in [0.3, 0.4) is 0 Å². The monoisotopic (exact) mass is 336 g/mol. The van der Waals surface area contributed by atoms with E-state index in [2.05, 4.69) is 121 Å². The third-order valence-corrected chi connectivity index (χ3v) is 4.21. The molecule has 0 saturated heterocycles. The van der Waals surface area contributed by atoms with Crippen LogP contribution in [0, 0.1) is 0 Å². The van der Waals surface area contributed by atoms with Crippen LogP contribution in [0.4, 0.5) is 0 Å². The Morgan fingerprint density at radius 2 is 0.846 bits per heavy atom. The number of allylic oxidation sites excluding steroid dienone is 4. The fourth-order valence-electron chi connectivity index (χ4n) is 2.79. The van der Waals surface area contributed by atoms with Crippen molar-refractivity contribution in [2.24, 2.45) is 0 Å². The van der Waals surface area contributed by atoms with Gasteiger partial charge in [0.25, 0.3) is 0 Å². The van der Waals surface area contributed by atoms with Crippen molar-refractivity contribution in [3.63, 3.8) is 0 Å². The van der Waals surface area contributed by atoms with Crippen molar-refractivity contribution in [3.8, 4) is 0 Å². The molecule has 0 aliphatic heterocycles. The molecule has 0 radical (unpaired) electrons. The number of rotatable bonds is 6. The number of hydrogen-bond donors (Lipinski definition) is 0. The summed E-state index contributed by atoms with van der Waals surface area (Å²) in [7, 11) is 0. The Morgan fingerprint density at radius 3 is 1.27 bits per heavy atom. The van der Waals surface area contributed by atoms with E-state index >= 15 is 0 Å². The van der Waals surface area contributed by atoms with Gasteiger partial charge in [0, 0.05) is 0 Å². The lowest BCUT2D eigenvalue weighted by Gasteiger charge is -1.94. The molecule has 0 nitrogen and oxygen atoms in total. The van der Waals surface area contributed by atoms with Gasteiger partial charge in [-0.2, -0.15) is 0 Å². The van der Waals surface area contributed by atoms with Crippen LogP contribution < -0.4 is 10.4 Å². The highest BCUT2D eigenvalue weighted by Crippen LogP contribution is 2.00. The molecule has 0 heterocycles. The molecule has 0 heteroatoms. The largest absolute Gasteiger partial charge is 0.0801 e. The van der Waals surface area contributed by atoms with Crippen LogP contribution in [0.1, 0.15) is 11.1 Å². The summed E-state index contributed by atoms with van der Waals surface area (Å²) in [5, 5.41) is 2.47. The summed E-state index contributed by atoms with van der Waals surface area (Å²) in [6.45, 7) is 0. The molecule has 0 bridgehead atoms. The van der Waals surface area contributed by atoms with Crippen LogP contribution in [0.15, 0.2) is 109 Å². The van der Waals surface area contributed by atoms with E-state index < -0.39 is 0 Å². The highest BCUT2D eigenvalue weighted by atomic mass is 13.9. The van der Waals surface area contributed by atoms with Gasteiger partial charge in [0.15, 0.2) is 0 Å². The summed E-state index contributed by atoms with van der Waals surface area (Å²) in [6.07, 6.45) is 15.0. The van der Waals surface area contributed by atoms with Crippen molar-refractivity contribution in [1.29, 1.82) is 0 Å². The van der Waals surface area contributed by atoms with Crippen LogP contribution in [0.25, 0.3) is 12.2 Å². The maximum Gasteiger partial charge on any atom is -0.00943 e. The Morgan fingerprint density at radius 1 is 0.462 bits per heavy atom. The highest BCUT2D eigenvalue weighted by molar-refractivity contribution is 5.44. The van der Waals surface area contributed by atoms with Crippen LogP contribution >= 0.6 is 0 Å². The summed E-state index contributed by atoms with van der Waals surface area (Å²) < 4.78 is 0. The Hall–Kier alpha value is -3.12. The van der Waals surface area contributed by atoms with Crippen LogP contribution in [-0.4, -0.2) is 0 Å². The lowest BCUT2D eigenvalue weighted by Crippen LogP contribution is -2.22. The topological polar surface area (TPSA) is 0 Å². The van der Waals surface area contributed by atoms with Crippen molar-refractivity contribution in [2.75, 3.05) is 0 Å². The van der Waals surface area contributed by atoms with Gasteiger partial charge in [0.2, 0.25) is 0 Å². The van der Waals surface area contributed by atoms with Gasteiger partial charge in [0.05, 0.1) is 0 Å². The maximum atomic E-state index is 2.21. The Balaban J connectivity index is 1.69. The third-order valence-electron chi connectivity index (χ3n) is 4.21. The summed E-state index contributed by atoms with van der Waals surface area (Å²) in [5.74, 6) is 0. The molecule has 0 aliphatic rings. The van der Waals surface area contributed by atoms with Gasteiger partial charge in [0.1, 0.15) is 0 Å². The average Bonchev–Trinajstić information content (AvgIpc) is 2.71. The molecule has 128 valence electrons.